The van der Waals surface area contributed by atoms with Crippen molar-refractivity contribution in [2.24, 2.45) is 0 Å². The van der Waals surface area contributed by atoms with E-state index in [4.69, 9.17) is 4.74 Å². The second kappa shape index (κ2) is 6.12. The predicted octanol–water partition coefficient (Wildman–Crippen LogP) is 2.31. The average Bonchev–Trinajstić information content (AvgIpc) is 3.35. The quantitative estimate of drug-likeness (QED) is 0.848. The number of ether oxygens (including phenoxy) is 1. The third-order valence-corrected chi connectivity index (χ3v) is 4.57. The van der Waals surface area contributed by atoms with E-state index in [0.717, 1.165) is 37.6 Å². The van der Waals surface area contributed by atoms with Crippen LogP contribution in [-0.4, -0.2) is 45.3 Å². The number of aromatic nitrogens is 4. The van der Waals surface area contributed by atoms with Gasteiger partial charge < -0.3 is 4.74 Å². The van der Waals surface area contributed by atoms with Gasteiger partial charge in [-0.25, -0.2) is 4.68 Å². The summed E-state index contributed by atoms with van der Waals surface area (Å²) in [5, 5.41) is 12.2. The number of methoxy groups -OCH3 is 1. The van der Waals surface area contributed by atoms with Crippen molar-refractivity contribution >= 4 is 5.57 Å². The van der Waals surface area contributed by atoms with Crippen LogP contribution in [0.4, 0.5) is 0 Å². The minimum atomic E-state index is 0.537. The van der Waals surface area contributed by atoms with E-state index in [0.29, 0.717) is 6.04 Å². The van der Waals surface area contributed by atoms with Gasteiger partial charge in [-0.15, -0.1) is 5.10 Å². The third kappa shape index (κ3) is 3.12. The highest BCUT2D eigenvalue weighted by atomic mass is 16.5. The van der Waals surface area contributed by atoms with E-state index in [2.05, 4.69) is 38.6 Å². The van der Waals surface area contributed by atoms with Crippen molar-refractivity contribution in [1.29, 1.82) is 0 Å². The fourth-order valence-electron chi connectivity index (χ4n) is 3.04. The maximum absolute atomic E-state index is 5.22. The largest absolute Gasteiger partial charge is 0.497 e. The van der Waals surface area contributed by atoms with Gasteiger partial charge in [0.25, 0.3) is 0 Å². The van der Waals surface area contributed by atoms with Crippen molar-refractivity contribution in [2.75, 3.05) is 20.2 Å². The van der Waals surface area contributed by atoms with Gasteiger partial charge in [0, 0.05) is 13.1 Å². The van der Waals surface area contributed by atoms with Crippen LogP contribution < -0.4 is 4.74 Å². The zero-order valence-electron chi connectivity index (χ0n) is 13.4. The number of hydrogen-bond donors (Lipinski definition) is 0. The fourth-order valence-corrected chi connectivity index (χ4v) is 3.04. The van der Waals surface area contributed by atoms with E-state index in [1.165, 1.54) is 24.0 Å². The molecule has 2 aromatic rings. The van der Waals surface area contributed by atoms with Crippen molar-refractivity contribution in [3.05, 3.63) is 41.7 Å². The molecule has 0 unspecified atom stereocenters. The molecule has 1 aromatic carbocycles. The molecule has 2 heterocycles. The SMILES string of the molecule is COc1ccc(C2=CCN(Cc3nnnn3C3CC3)CC2)cc1. The summed E-state index contributed by atoms with van der Waals surface area (Å²) in [6.45, 7) is 2.81. The molecule has 0 saturated heterocycles. The van der Waals surface area contributed by atoms with E-state index in [1.807, 2.05) is 16.8 Å². The van der Waals surface area contributed by atoms with Crippen LogP contribution in [0.2, 0.25) is 0 Å². The molecule has 6 nitrogen and oxygen atoms in total. The highest BCUT2D eigenvalue weighted by Crippen LogP contribution is 2.34. The normalized spacial score (nSPS) is 18.7. The molecule has 0 spiro atoms. The molecular formula is C17H21N5O. The van der Waals surface area contributed by atoms with Crippen LogP contribution in [0, 0.1) is 0 Å². The molecule has 1 aromatic heterocycles. The molecule has 1 aliphatic carbocycles. The summed E-state index contributed by atoms with van der Waals surface area (Å²) in [5.41, 5.74) is 2.69. The summed E-state index contributed by atoms with van der Waals surface area (Å²) < 4.78 is 7.22. The molecule has 0 atom stereocenters. The Morgan fingerprint density at radius 1 is 1.22 bits per heavy atom. The van der Waals surface area contributed by atoms with Gasteiger partial charge in [0.1, 0.15) is 5.75 Å². The summed E-state index contributed by atoms with van der Waals surface area (Å²) >= 11 is 0. The number of tetrazole rings is 1. The topological polar surface area (TPSA) is 56.1 Å². The lowest BCUT2D eigenvalue weighted by atomic mass is 9.99. The van der Waals surface area contributed by atoms with E-state index in [1.54, 1.807) is 7.11 Å². The smallest absolute Gasteiger partial charge is 0.165 e. The van der Waals surface area contributed by atoms with E-state index >= 15 is 0 Å². The predicted molar refractivity (Wildman–Crippen MR) is 87.0 cm³/mol. The van der Waals surface area contributed by atoms with Crippen LogP contribution in [0.25, 0.3) is 5.57 Å². The van der Waals surface area contributed by atoms with Crippen LogP contribution >= 0.6 is 0 Å². The Bertz CT molecular complexity index is 702. The zero-order valence-corrected chi connectivity index (χ0v) is 13.4. The summed E-state index contributed by atoms with van der Waals surface area (Å²) in [4.78, 5) is 2.40. The standard InChI is InChI=1S/C17H21N5O/c1-23-16-6-2-13(3-7-16)14-8-10-21(11-9-14)12-17-18-19-20-22(17)15-4-5-15/h2-3,6-8,15H,4-5,9-12H2,1H3. The Balaban J connectivity index is 1.41. The minimum Gasteiger partial charge on any atom is -0.497 e. The molecule has 0 radical (unpaired) electrons. The highest BCUT2D eigenvalue weighted by Gasteiger charge is 2.28. The van der Waals surface area contributed by atoms with Gasteiger partial charge in [-0.1, -0.05) is 18.2 Å². The van der Waals surface area contributed by atoms with Crippen molar-refractivity contribution in [1.82, 2.24) is 25.1 Å². The molecule has 1 saturated carbocycles. The third-order valence-electron chi connectivity index (χ3n) is 4.57. The summed E-state index contributed by atoms with van der Waals surface area (Å²) in [6.07, 6.45) is 5.78. The first-order chi connectivity index (χ1) is 11.3. The monoisotopic (exact) mass is 311 g/mol. The van der Waals surface area contributed by atoms with Crippen molar-refractivity contribution in [3.8, 4) is 5.75 Å². The van der Waals surface area contributed by atoms with Crippen molar-refractivity contribution in [3.63, 3.8) is 0 Å². The van der Waals surface area contributed by atoms with E-state index in [-0.39, 0.29) is 0 Å². The molecular weight excluding hydrogens is 290 g/mol. The highest BCUT2D eigenvalue weighted by molar-refractivity contribution is 5.67. The first kappa shape index (κ1) is 14.4. The van der Waals surface area contributed by atoms with Crippen LogP contribution in [0.1, 0.15) is 36.7 Å². The fraction of sp³-hybridized carbons (Fsp3) is 0.471. The second-order valence-electron chi connectivity index (χ2n) is 6.21. The lowest BCUT2D eigenvalue weighted by molar-refractivity contribution is 0.279. The number of rotatable bonds is 5. The molecule has 23 heavy (non-hydrogen) atoms. The lowest BCUT2D eigenvalue weighted by Gasteiger charge is -2.26. The van der Waals surface area contributed by atoms with Gasteiger partial charge >= 0.3 is 0 Å². The van der Waals surface area contributed by atoms with E-state index in [9.17, 15) is 0 Å². The summed E-state index contributed by atoms with van der Waals surface area (Å²) in [5.74, 6) is 1.90. The Morgan fingerprint density at radius 2 is 2.04 bits per heavy atom. The van der Waals surface area contributed by atoms with Crippen LogP contribution in [0.5, 0.6) is 5.75 Å². The number of benzene rings is 1. The zero-order chi connectivity index (χ0) is 15.6. The van der Waals surface area contributed by atoms with Gasteiger partial charge in [-0.2, -0.15) is 0 Å². The summed E-state index contributed by atoms with van der Waals surface area (Å²) in [7, 11) is 1.70. The van der Waals surface area contributed by atoms with Crippen molar-refractivity contribution in [2.45, 2.75) is 31.8 Å². The molecule has 1 fully saturated rings. The molecule has 4 rings (SSSR count). The van der Waals surface area contributed by atoms with Gasteiger partial charge in [-0.05, 0) is 53.0 Å². The number of nitrogens with zero attached hydrogens (tertiary/aromatic N) is 5. The Hall–Kier alpha value is -2.21. The van der Waals surface area contributed by atoms with Gasteiger partial charge in [-0.3, -0.25) is 4.90 Å². The van der Waals surface area contributed by atoms with Gasteiger partial charge in [0.2, 0.25) is 0 Å². The average molecular weight is 311 g/mol. The summed E-state index contributed by atoms with van der Waals surface area (Å²) in [6, 6.07) is 8.84. The molecule has 120 valence electrons. The Morgan fingerprint density at radius 3 is 2.70 bits per heavy atom. The molecule has 0 N–H and O–H groups in total. The van der Waals surface area contributed by atoms with Crippen LogP contribution in [-0.2, 0) is 6.54 Å². The van der Waals surface area contributed by atoms with E-state index < -0.39 is 0 Å². The number of hydrogen-bond acceptors (Lipinski definition) is 5. The minimum absolute atomic E-state index is 0.537. The van der Waals surface area contributed by atoms with Crippen molar-refractivity contribution < 1.29 is 4.74 Å². The van der Waals surface area contributed by atoms with Crippen LogP contribution in [0.3, 0.4) is 0 Å². The Labute approximate surface area is 135 Å². The van der Waals surface area contributed by atoms with Gasteiger partial charge in [0.05, 0.1) is 19.7 Å². The second-order valence-corrected chi connectivity index (χ2v) is 6.21. The lowest BCUT2D eigenvalue weighted by Crippen LogP contribution is -2.29. The first-order valence-corrected chi connectivity index (χ1v) is 8.16. The maximum atomic E-state index is 5.22. The molecule has 2 aliphatic rings. The molecule has 0 amide bonds. The Kier molecular flexibility index (Phi) is 3.83. The maximum Gasteiger partial charge on any atom is 0.165 e. The molecule has 0 bridgehead atoms. The molecule has 1 aliphatic heterocycles. The first-order valence-electron chi connectivity index (χ1n) is 8.16. The van der Waals surface area contributed by atoms with Crippen LogP contribution in [0.15, 0.2) is 30.3 Å². The molecule has 6 heteroatoms. The van der Waals surface area contributed by atoms with Gasteiger partial charge in [0.15, 0.2) is 5.82 Å².